The van der Waals surface area contributed by atoms with Gasteiger partial charge in [-0.1, -0.05) is 18.2 Å². The molecule has 3 aromatic rings. The molecule has 0 fully saturated rings. The fraction of sp³-hybridized carbons (Fsp3) is 0.333. The highest BCUT2D eigenvalue weighted by Gasteiger charge is 2.09. The van der Waals surface area contributed by atoms with Gasteiger partial charge in [0.1, 0.15) is 18.7 Å². The number of para-hydroxylation sites is 1. The fourth-order valence-corrected chi connectivity index (χ4v) is 2.59. The third kappa shape index (κ3) is 5.52. The maximum absolute atomic E-state index is 4.66. The number of rotatable bonds is 6. The molecule has 0 aliphatic heterocycles. The van der Waals surface area contributed by atoms with Crippen molar-refractivity contribution in [2.75, 3.05) is 13.6 Å². The summed E-state index contributed by atoms with van der Waals surface area (Å²) in [5, 5.41) is 11.8. The highest BCUT2D eigenvalue weighted by molar-refractivity contribution is 14.0. The first-order chi connectivity index (χ1) is 12.7. The maximum atomic E-state index is 4.66. The van der Waals surface area contributed by atoms with E-state index in [0.29, 0.717) is 13.1 Å². The quantitative estimate of drug-likeness (QED) is 0.333. The molecular weight excluding hydrogens is 455 g/mol. The zero-order chi connectivity index (χ0) is 18.4. The Hall–Kier alpha value is -2.43. The smallest absolute Gasteiger partial charge is 0.194 e. The highest BCUT2D eigenvalue weighted by Crippen LogP contribution is 2.09. The summed E-state index contributed by atoms with van der Waals surface area (Å²) >= 11 is 0. The van der Waals surface area contributed by atoms with E-state index in [0.717, 1.165) is 29.6 Å². The molecule has 0 bridgehead atoms. The predicted octanol–water partition coefficient (Wildman–Crippen LogP) is 2.22. The molecule has 0 radical (unpaired) electrons. The minimum atomic E-state index is 0. The maximum Gasteiger partial charge on any atom is 0.194 e. The third-order valence-electron chi connectivity index (χ3n) is 3.95. The molecule has 2 heterocycles. The Labute approximate surface area is 176 Å². The normalized spacial score (nSPS) is 11.1. The number of hydrogen-bond donors (Lipinski definition) is 1. The van der Waals surface area contributed by atoms with E-state index in [1.54, 1.807) is 11.0 Å². The molecule has 0 aliphatic carbocycles. The van der Waals surface area contributed by atoms with E-state index in [1.165, 1.54) is 0 Å². The van der Waals surface area contributed by atoms with Crippen LogP contribution in [-0.2, 0) is 20.1 Å². The summed E-state index contributed by atoms with van der Waals surface area (Å²) in [6.07, 6.45) is 5.47. The lowest BCUT2D eigenvalue weighted by molar-refractivity contribution is 0.476. The Morgan fingerprint density at radius 1 is 1.22 bits per heavy atom. The number of halogens is 1. The highest BCUT2D eigenvalue weighted by atomic mass is 127. The lowest BCUT2D eigenvalue weighted by Gasteiger charge is -2.21. The Bertz CT molecular complexity index is 855. The summed E-state index contributed by atoms with van der Waals surface area (Å²) in [5.41, 5.74) is 2.16. The molecule has 0 spiro atoms. The van der Waals surface area contributed by atoms with Gasteiger partial charge in [0.25, 0.3) is 0 Å². The molecule has 0 saturated carbocycles. The zero-order valence-corrected chi connectivity index (χ0v) is 18.1. The molecule has 8 nitrogen and oxygen atoms in total. The van der Waals surface area contributed by atoms with Crippen LogP contribution in [0.25, 0.3) is 5.69 Å². The minimum absolute atomic E-state index is 0. The molecule has 2 aromatic heterocycles. The van der Waals surface area contributed by atoms with Crippen LogP contribution >= 0.6 is 24.0 Å². The van der Waals surface area contributed by atoms with E-state index >= 15 is 0 Å². The molecule has 9 heteroatoms. The molecule has 27 heavy (non-hydrogen) atoms. The summed E-state index contributed by atoms with van der Waals surface area (Å²) in [5.74, 6) is 1.65. The fourth-order valence-electron chi connectivity index (χ4n) is 2.59. The molecule has 0 saturated heterocycles. The molecule has 144 valence electrons. The summed E-state index contributed by atoms with van der Waals surface area (Å²) in [6, 6.07) is 10.1. The largest absolute Gasteiger partial charge is 0.357 e. The van der Waals surface area contributed by atoms with Gasteiger partial charge in [-0.05, 0) is 19.1 Å². The lowest BCUT2D eigenvalue weighted by Crippen LogP contribution is -2.38. The number of guanidine groups is 1. The molecule has 0 amide bonds. The summed E-state index contributed by atoms with van der Waals surface area (Å²) in [7, 11) is 3.88. The van der Waals surface area contributed by atoms with Crippen molar-refractivity contribution >= 4 is 29.9 Å². The average Bonchev–Trinajstić information content (AvgIpc) is 3.28. The van der Waals surface area contributed by atoms with Gasteiger partial charge in [-0.3, -0.25) is 4.68 Å². The number of benzene rings is 1. The van der Waals surface area contributed by atoms with Crippen LogP contribution in [0.5, 0.6) is 0 Å². The van der Waals surface area contributed by atoms with E-state index < -0.39 is 0 Å². The van der Waals surface area contributed by atoms with Crippen molar-refractivity contribution in [3.8, 4) is 5.69 Å². The van der Waals surface area contributed by atoms with Crippen LogP contribution in [0.3, 0.4) is 0 Å². The SMILES string of the molecule is CCNC(=NCc1ncnn1C)N(C)Cc1cnn(-c2ccccc2)c1.I. The summed E-state index contributed by atoms with van der Waals surface area (Å²) < 4.78 is 3.61. The Morgan fingerprint density at radius 3 is 2.67 bits per heavy atom. The van der Waals surface area contributed by atoms with Crippen LogP contribution in [0, 0.1) is 0 Å². The van der Waals surface area contributed by atoms with Crippen molar-refractivity contribution in [3.63, 3.8) is 0 Å². The second-order valence-electron chi connectivity index (χ2n) is 5.95. The first-order valence-electron chi connectivity index (χ1n) is 8.58. The minimum Gasteiger partial charge on any atom is -0.357 e. The first kappa shape index (κ1) is 20.9. The lowest BCUT2D eigenvalue weighted by atomic mass is 10.3. The number of hydrogen-bond acceptors (Lipinski definition) is 4. The number of aliphatic imine (C=N–C) groups is 1. The molecular formula is C18H25IN8. The average molecular weight is 480 g/mol. The number of nitrogens with zero attached hydrogens (tertiary/aromatic N) is 7. The van der Waals surface area contributed by atoms with Gasteiger partial charge in [0, 0.05) is 38.9 Å². The molecule has 1 N–H and O–H groups in total. The Kier molecular flexibility index (Phi) is 7.77. The Balaban J connectivity index is 0.00000261. The topological polar surface area (TPSA) is 76.2 Å². The van der Waals surface area contributed by atoms with Crippen LogP contribution in [-0.4, -0.2) is 49.0 Å². The predicted molar refractivity (Wildman–Crippen MR) is 116 cm³/mol. The second kappa shape index (κ2) is 10.0. The summed E-state index contributed by atoms with van der Waals surface area (Å²) in [4.78, 5) is 10.9. The number of nitrogens with one attached hydrogen (secondary N) is 1. The molecule has 0 aliphatic rings. The van der Waals surface area contributed by atoms with Crippen LogP contribution in [0.2, 0.25) is 0 Å². The first-order valence-corrected chi connectivity index (χ1v) is 8.58. The monoisotopic (exact) mass is 480 g/mol. The van der Waals surface area contributed by atoms with Gasteiger partial charge in [0.15, 0.2) is 5.96 Å². The van der Waals surface area contributed by atoms with Crippen molar-refractivity contribution in [1.82, 2.24) is 34.8 Å². The van der Waals surface area contributed by atoms with Gasteiger partial charge in [-0.2, -0.15) is 10.2 Å². The van der Waals surface area contributed by atoms with Crippen LogP contribution < -0.4 is 5.32 Å². The van der Waals surface area contributed by atoms with Crippen LogP contribution in [0.1, 0.15) is 18.3 Å². The van der Waals surface area contributed by atoms with Crippen molar-refractivity contribution in [2.45, 2.75) is 20.0 Å². The van der Waals surface area contributed by atoms with Crippen LogP contribution in [0.15, 0.2) is 54.0 Å². The van der Waals surface area contributed by atoms with Gasteiger partial charge in [-0.25, -0.2) is 14.7 Å². The van der Waals surface area contributed by atoms with Gasteiger partial charge in [-0.15, -0.1) is 24.0 Å². The number of aryl methyl sites for hydroxylation is 1. The van der Waals surface area contributed by atoms with E-state index in [9.17, 15) is 0 Å². The van der Waals surface area contributed by atoms with Gasteiger partial charge in [0.05, 0.1) is 11.9 Å². The van der Waals surface area contributed by atoms with Crippen molar-refractivity contribution < 1.29 is 0 Å². The van der Waals surface area contributed by atoms with Gasteiger partial charge >= 0.3 is 0 Å². The molecule has 0 atom stereocenters. The Morgan fingerprint density at radius 2 is 2.00 bits per heavy atom. The van der Waals surface area contributed by atoms with Crippen LogP contribution in [0.4, 0.5) is 0 Å². The second-order valence-corrected chi connectivity index (χ2v) is 5.95. The number of aromatic nitrogens is 5. The zero-order valence-electron chi connectivity index (χ0n) is 15.8. The molecule has 3 rings (SSSR count). The van der Waals surface area contributed by atoms with E-state index in [4.69, 9.17) is 0 Å². The van der Waals surface area contributed by atoms with Crippen molar-refractivity contribution in [3.05, 3.63) is 60.4 Å². The molecule has 0 unspecified atom stereocenters. The molecule has 1 aromatic carbocycles. The third-order valence-corrected chi connectivity index (χ3v) is 3.95. The van der Waals surface area contributed by atoms with E-state index in [-0.39, 0.29) is 24.0 Å². The van der Waals surface area contributed by atoms with Gasteiger partial charge in [0.2, 0.25) is 0 Å². The van der Waals surface area contributed by atoms with Gasteiger partial charge < -0.3 is 10.2 Å². The standard InChI is InChI=1S/C18H24N8.HI/c1-4-19-18(20-11-17-21-14-23-25(17)3)24(2)12-15-10-22-26(13-15)16-8-6-5-7-9-16;/h5-10,13-14H,4,11-12H2,1-3H3,(H,19,20);1H. The van der Waals surface area contributed by atoms with Crippen molar-refractivity contribution in [1.29, 1.82) is 0 Å². The van der Waals surface area contributed by atoms with Crippen molar-refractivity contribution in [2.24, 2.45) is 12.0 Å². The van der Waals surface area contributed by atoms with E-state index in [1.807, 2.05) is 61.5 Å². The summed E-state index contributed by atoms with van der Waals surface area (Å²) in [6.45, 7) is 4.04. The van der Waals surface area contributed by atoms with E-state index in [2.05, 4.69) is 37.3 Å².